The molecule has 1 amide bonds. The lowest BCUT2D eigenvalue weighted by Gasteiger charge is -2.25. The van der Waals surface area contributed by atoms with Crippen LogP contribution in [0, 0.1) is 6.92 Å². The van der Waals surface area contributed by atoms with Gasteiger partial charge in [-0.05, 0) is 42.7 Å². The van der Waals surface area contributed by atoms with Crippen LogP contribution in [0.15, 0.2) is 47.4 Å². The number of carbonyl (C=O) groups is 1. The summed E-state index contributed by atoms with van der Waals surface area (Å²) in [5.41, 5.74) is 2.27. The summed E-state index contributed by atoms with van der Waals surface area (Å²) in [6.07, 6.45) is 0.932. The van der Waals surface area contributed by atoms with Crippen molar-refractivity contribution in [2.24, 2.45) is 0 Å². The van der Waals surface area contributed by atoms with Gasteiger partial charge in [0.05, 0.1) is 13.2 Å². The second kappa shape index (κ2) is 7.62. The summed E-state index contributed by atoms with van der Waals surface area (Å²) in [7, 11) is 1.60. The molecular weight excluding hydrogens is 322 g/mol. The van der Waals surface area contributed by atoms with Crippen LogP contribution >= 0.6 is 11.8 Å². The SMILES string of the molecule is COc1cc(C)ccc1OCC(=O)NC1CCSc2ccccc21. The summed E-state index contributed by atoms with van der Waals surface area (Å²) in [5.74, 6) is 2.11. The largest absolute Gasteiger partial charge is 0.493 e. The molecular formula is C19H21NO3S. The van der Waals surface area contributed by atoms with E-state index in [0.717, 1.165) is 17.7 Å². The van der Waals surface area contributed by atoms with E-state index in [4.69, 9.17) is 9.47 Å². The Kier molecular flexibility index (Phi) is 5.30. The topological polar surface area (TPSA) is 47.6 Å². The molecule has 1 heterocycles. The second-order valence-corrected chi connectivity index (χ2v) is 6.87. The van der Waals surface area contributed by atoms with Crippen LogP contribution in [0.3, 0.4) is 0 Å². The molecule has 0 saturated heterocycles. The van der Waals surface area contributed by atoms with Crippen LogP contribution in [-0.4, -0.2) is 25.4 Å². The van der Waals surface area contributed by atoms with Crippen LogP contribution in [0.4, 0.5) is 0 Å². The minimum Gasteiger partial charge on any atom is -0.493 e. The summed E-state index contributed by atoms with van der Waals surface area (Å²) < 4.78 is 10.9. The average molecular weight is 343 g/mol. The van der Waals surface area contributed by atoms with Gasteiger partial charge in [0.1, 0.15) is 0 Å². The van der Waals surface area contributed by atoms with Crippen molar-refractivity contribution in [3.63, 3.8) is 0 Å². The third-order valence-electron chi connectivity index (χ3n) is 3.97. The molecule has 1 N–H and O–H groups in total. The zero-order valence-electron chi connectivity index (χ0n) is 13.9. The third-order valence-corrected chi connectivity index (χ3v) is 5.09. The maximum absolute atomic E-state index is 12.3. The van der Waals surface area contributed by atoms with Gasteiger partial charge in [-0.15, -0.1) is 11.8 Å². The van der Waals surface area contributed by atoms with Crippen molar-refractivity contribution in [2.75, 3.05) is 19.5 Å². The highest BCUT2D eigenvalue weighted by molar-refractivity contribution is 7.99. The van der Waals surface area contributed by atoms with Crippen molar-refractivity contribution in [3.05, 3.63) is 53.6 Å². The molecule has 1 aliphatic rings. The Hall–Kier alpha value is -2.14. The molecule has 0 bridgehead atoms. The molecule has 3 rings (SSSR count). The van der Waals surface area contributed by atoms with Gasteiger partial charge < -0.3 is 14.8 Å². The molecule has 126 valence electrons. The van der Waals surface area contributed by atoms with E-state index in [2.05, 4.69) is 17.4 Å². The first-order chi connectivity index (χ1) is 11.7. The van der Waals surface area contributed by atoms with E-state index in [-0.39, 0.29) is 18.6 Å². The van der Waals surface area contributed by atoms with Crippen molar-refractivity contribution < 1.29 is 14.3 Å². The molecule has 5 heteroatoms. The van der Waals surface area contributed by atoms with Gasteiger partial charge in [-0.1, -0.05) is 24.3 Å². The van der Waals surface area contributed by atoms with Crippen LogP contribution in [0.1, 0.15) is 23.6 Å². The Bertz CT molecular complexity index is 732. The monoisotopic (exact) mass is 343 g/mol. The van der Waals surface area contributed by atoms with Crippen LogP contribution in [0.5, 0.6) is 11.5 Å². The number of aryl methyl sites for hydroxylation is 1. The lowest BCUT2D eigenvalue weighted by atomic mass is 10.0. The number of amides is 1. The van der Waals surface area contributed by atoms with Gasteiger partial charge >= 0.3 is 0 Å². The highest BCUT2D eigenvalue weighted by Crippen LogP contribution is 2.35. The number of thioether (sulfide) groups is 1. The van der Waals surface area contributed by atoms with Gasteiger partial charge in [0, 0.05) is 10.6 Å². The molecule has 1 atom stereocenters. The molecule has 0 fully saturated rings. The highest BCUT2D eigenvalue weighted by atomic mass is 32.2. The molecule has 2 aromatic carbocycles. The molecule has 0 radical (unpaired) electrons. The van der Waals surface area contributed by atoms with E-state index in [1.165, 1.54) is 10.5 Å². The molecule has 4 nitrogen and oxygen atoms in total. The Morgan fingerprint density at radius 3 is 2.92 bits per heavy atom. The molecule has 2 aromatic rings. The first-order valence-corrected chi connectivity index (χ1v) is 8.94. The van der Waals surface area contributed by atoms with Crippen molar-refractivity contribution in [3.8, 4) is 11.5 Å². The fourth-order valence-corrected chi connectivity index (χ4v) is 3.89. The summed E-state index contributed by atoms with van der Waals surface area (Å²) in [5, 5.41) is 3.08. The van der Waals surface area contributed by atoms with Gasteiger partial charge in [0.25, 0.3) is 5.91 Å². The zero-order chi connectivity index (χ0) is 16.9. The van der Waals surface area contributed by atoms with Crippen LogP contribution < -0.4 is 14.8 Å². The predicted octanol–water partition coefficient (Wildman–Crippen LogP) is 3.74. The van der Waals surface area contributed by atoms with E-state index in [0.29, 0.717) is 11.5 Å². The number of fused-ring (bicyclic) bond motifs is 1. The normalized spacial score (nSPS) is 16.2. The minimum absolute atomic E-state index is 0.0226. The number of hydrogen-bond acceptors (Lipinski definition) is 4. The lowest BCUT2D eigenvalue weighted by Crippen LogP contribution is -2.34. The predicted molar refractivity (Wildman–Crippen MR) is 95.9 cm³/mol. The molecule has 24 heavy (non-hydrogen) atoms. The summed E-state index contributed by atoms with van der Waals surface area (Å²) in [6.45, 7) is 1.96. The highest BCUT2D eigenvalue weighted by Gasteiger charge is 2.22. The van der Waals surface area contributed by atoms with Crippen LogP contribution in [0.2, 0.25) is 0 Å². The molecule has 0 aliphatic carbocycles. The van der Waals surface area contributed by atoms with E-state index >= 15 is 0 Å². The fraction of sp³-hybridized carbons (Fsp3) is 0.316. The smallest absolute Gasteiger partial charge is 0.258 e. The van der Waals surface area contributed by atoms with E-state index < -0.39 is 0 Å². The van der Waals surface area contributed by atoms with Crippen molar-refractivity contribution in [1.29, 1.82) is 0 Å². The summed E-state index contributed by atoms with van der Waals surface area (Å²) in [6, 6.07) is 13.9. The van der Waals surface area contributed by atoms with E-state index in [9.17, 15) is 4.79 Å². The number of ether oxygens (including phenoxy) is 2. The van der Waals surface area contributed by atoms with Gasteiger partial charge in [0.15, 0.2) is 18.1 Å². The maximum atomic E-state index is 12.3. The number of nitrogens with one attached hydrogen (secondary N) is 1. The quantitative estimate of drug-likeness (QED) is 0.898. The number of rotatable bonds is 5. The van der Waals surface area contributed by atoms with E-state index in [1.807, 2.05) is 49.0 Å². The van der Waals surface area contributed by atoms with Crippen molar-refractivity contribution >= 4 is 17.7 Å². The van der Waals surface area contributed by atoms with E-state index in [1.54, 1.807) is 7.11 Å². The average Bonchev–Trinajstić information content (AvgIpc) is 2.61. The standard InChI is InChI=1S/C19H21NO3S/c1-13-7-8-16(17(11-13)22-2)23-12-19(21)20-15-9-10-24-18-6-4-3-5-14(15)18/h3-8,11,15H,9-10,12H2,1-2H3,(H,20,21). The molecule has 0 saturated carbocycles. The van der Waals surface area contributed by atoms with Gasteiger partial charge in [-0.2, -0.15) is 0 Å². The summed E-state index contributed by atoms with van der Waals surface area (Å²) in [4.78, 5) is 13.5. The number of methoxy groups -OCH3 is 1. The zero-order valence-corrected chi connectivity index (χ0v) is 14.7. The van der Waals surface area contributed by atoms with Crippen molar-refractivity contribution in [2.45, 2.75) is 24.3 Å². The number of benzene rings is 2. The first-order valence-electron chi connectivity index (χ1n) is 7.96. The van der Waals surface area contributed by atoms with Gasteiger partial charge in [-0.3, -0.25) is 4.79 Å². The Labute approximate surface area is 146 Å². The fourth-order valence-electron chi connectivity index (χ4n) is 2.77. The molecule has 1 unspecified atom stereocenters. The lowest BCUT2D eigenvalue weighted by molar-refractivity contribution is -0.123. The molecule has 0 spiro atoms. The Balaban J connectivity index is 1.61. The molecule has 0 aromatic heterocycles. The van der Waals surface area contributed by atoms with Crippen LogP contribution in [0.25, 0.3) is 0 Å². The van der Waals surface area contributed by atoms with Gasteiger partial charge in [-0.25, -0.2) is 0 Å². The number of hydrogen-bond donors (Lipinski definition) is 1. The number of carbonyl (C=O) groups excluding carboxylic acids is 1. The van der Waals surface area contributed by atoms with Crippen LogP contribution in [-0.2, 0) is 4.79 Å². The second-order valence-electron chi connectivity index (χ2n) is 5.74. The Morgan fingerprint density at radius 1 is 1.25 bits per heavy atom. The molecule has 1 aliphatic heterocycles. The summed E-state index contributed by atoms with van der Waals surface area (Å²) >= 11 is 1.84. The van der Waals surface area contributed by atoms with Gasteiger partial charge in [0.2, 0.25) is 0 Å². The Morgan fingerprint density at radius 2 is 2.08 bits per heavy atom. The third kappa shape index (κ3) is 3.85. The van der Waals surface area contributed by atoms with Crippen molar-refractivity contribution in [1.82, 2.24) is 5.32 Å². The maximum Gasteiger partial charge on any atom is 0.258 e. The first kappa shape index (κ1) is 16.7. The minimum atomic E-state index is -0.121.